The second-order valence-corrected chi connectivity index (χ2v) is 7.30. The Bertz CT molecular complexity index is 574. The zero-order valence-electron chi connectivity index (χ0n) is 12.5. The summed E-state index contributed by atoms with van der Waals surface area (Å²) in [5.74, 6) is 0. The molecule has 1 heterocycles. The molecule has 1 N–H and O–H groups in total. The smallest absolute Gasteiger partial charge is 0.111 e. The van der Waals surface area contributed by atoms with Crippen LogP contribution in [-0.2, 0) is 4.74 Å². The molecule has 1 aromatic carbocycles. The Morgan fingerprint density at radius 3 is 2.80 bits per heavy atom. The van der Waals surface area contributed by atoms with Crippen LogP contribution in [0, 0.1) is 5.41 Å². The molecule has 0 spiro atoms. The number of rotatable bonds is 4. The fraction of sp³-hybridized carbons (Fsp3) is 0.562. The highest BCUT2D eigenvalue weighted by Gasteiger charge is 2.48. The van der Waals surface area contributed by atoms with Gasteiger partial charge in [0.15, 0.2) is 0 Å². The monoisotopic (exact) mass is 290 g/mol. The van der Waals surface area contributed by atoms with E-state index in [-0.39, 0.29) is 11.5 Å². The first-order valence-corrected chi connectivity index (χ1v) is 7.98. The Kier molecular flexibility index (Phi) is 3.56. The molecule has 1 aliphatic carbocycles. The summed E-state index contributed by atoms with van der Waals surface area (Å²) in [6.45, 7) is 6.74. The van der Waals surface area contributed by atoms with E-state index in [1.54, 1.807) is 18.4 Å². The van der Waals surface area contributed by atoms with Crippen molar-refractivity contribution < 1.29 is 4.74 Å². The highest BCUT2D eigenvalue weighted by atomic mass is 32.1. The van der Waals surface area contributed by atoms with Crippen LogP contribution in [0.15, 0.2) is 24.3 Å². The topological polar surface area (TPSA) is 34.1 Å². The van der Waals surface area contributed by atoms with E-state index < -0.39 is 0 Å². The van der Waals surface area contributed by atoms with Crippen molar-refractivity contribution in [3.05, 3.63) is 29.3 Å². The van der Waals surface area contributed by atoms with E-state index in [9.17, 15) is 0 Å². The minimum absolute atomic E-state index is 0.194. The molecule has 0 saturated heterocycles. The summed E-state index contributed by atoms with van der Waals surface area (Å²) in [4.78, 5) is 4.74. The summed E-state index contributed by atoms with van der Waals surface area (Å²) in [5.41, 5.74) is 1.29. The number of benzene rings is 1. The summed E-state index contributed by atoms with van der Waals surface area (Å²) in [7, 11) is 1.81. The summed E-state index contributed by atoms with van der Waals surface area (Å²) < 4.78 is 6.78. The van der Waals surface area contributed by atoms with Gasteiger partial charge in [-0.25, -0.2) is 4.98 Å². The second-order valence-electron chi connectivity index (χ2n) is 6.24. The third kappa shape index (κ3) is 2.26. The lowest BCUT2D eigenvalue weighted by molar-refractivity contribution is -0.0999. The number of nitrogens with one attached hydrogen (secondary N) is 1. The molecule has 2 aromatic rings. The van der Waals surface area contributed by atoms with Crippen LogP contribution in [0.4, 0.5) is 0 Å². The van der Waals surface area contributed by atoms with Gasteiger partial charge < -0.3 is 10.1 Å². The van der Waals surface area contributed by atoms with Gasteiger partial charge in [-0.05, 0) is 25.5 Å². The number of aromatic nitrogens is 1. The molecule has 0 radical (unpaired) electrons. The predicted molar refractivity (Wildman–Crippen MR) is 84.2 cm³/mol. The van der Waals surface area contributed by atoms with Gasteiger partial charge in [0.05, 0.1) is 22.4 Å². The molecular weight excluding hydrogens is 268 g/mol. The molecule has 20 heavy (non-hydrogen) atoms. The first-order chi connectivity index (χ1) is 9.52. The molecule has 0 amide bonds. The lowest BCUT2D eigenvalue weighted by Gasteiger charge is -2.52. The van der Waals surface area contributed by atoms with E-state index in [0.717, 1.165) is 11.9 Å². The van der Waals surface area contributed by atoms with Gasteiger partial charge in [0.1, 0.15) is 5.01 Å². The lowest BCUT2D eigenvalue weighted by Crippen LogP contribution is -2.60. The molecule has 3 nitrogen and oxygen atoms in total. The number of hydrogen-bond acceptors (Lipinski definition) is 4. The van der Waals surface area contributed by atoms with Gasteiger partial charge in [-0.3, -0.25) is 0 Å². The van der Waals surface area contributed by atoms with Gasteiger partial charge in [0, 0.05) is 18.6 Å². The van der Waals surface area contributed by atoms with Crippen LogP contribution in [0.3, 0.4) is 0 Å². The van der Waals surface area contributed by atoms with E-state index in [4.69, 9.17) is 9.72 Å². The van der Waals surface area contributed by atoms with Crippen LogP contribution in [-0.4, -0.2) is 24.2 Å². The third-order valence-corrected chi connectivity index (χ3v) is 5.81. The molecule has 3 rings (SSSR count). The molecule has 0 bridgehead atoms. The molecular formula is C16H22N2OS. The summed E-state index contributed by atoms with van der Waals surface area (Å²) in [6.07, 6.45) is 1.45. The lowest BCUT2D eigenvalue weighted by atomic mass is 9.64. The Hall–Kier alpha value is -0.970. The fourth-order valence-electron chi connectivity index (χ4n) is 3.02. The van der Waals surface area contributed by atoms with E-state index >= 15 is 0 Å². The molecule has 1 aromatic heterocycles. The van der Waals surface area contributed by atoms with E-state index in [1.807, 2.05) is 6.07 Å². The molecule has 1 aliphatic rings. The van der Waals surface area contributed by atoms with Crippen LogP contribution < -0.4 is 5.32 Å². The maximum absolute atomic E-state index is 5.51. The minimum atomic E-state index is 0.194. The normalized spacial score (nSPS) is 26.4. The van der Waals surface area contributed by atoms with E-state index in [0.29, 0.717) is 12.1 Å². The first kappa shape index (κ1) is 14.0. The van der Waals surface area contributed by atoms with Gasteiger partial charge in [0.25, 0.3) is 0 Å². The SMILES string of the molecule is COC1CC(NC(C)c2nc3ccccc3s2)C1(C)C. The molecule has 0 aliphatic heterocycles. The van der Waals surface area contributed by atoms with Crippen molar-refractivity contribution in [1.82, 2.24) is 10.3 Å². The summed E-state index contributed by atoms with van der Waals surface area (Å²) in [5, 5.41) is 4.89. The Morgan fingerprint density at radius 2 is 2.15 bits per heavy atom. The van der Waals surface area contributed by atoms with Gasteiger partial charge in [-0.15, -0.1) is 11.3 Å². The van der Waals surface area contributed by atoms with Crippen LogP contribution in [0.25, 0.3) is 10.2 Å². The number of para-hydroxylation sites is 1. The molecule has 3 unspecified atom stereocenters. The second kappa shape index (κ2) is 5.10. The van der Waals surface area contributed by atoms with E-state index in [2.05, 4.69) is 44.3 Å². The highest BCUT2D eigenvalue weighted by molar-refractivity contribution is 7.18. The molecule has 3 atom stereocenters. The van der Waals surface area contributed by atoms with Crippen molar-refractivity contribution in [3.8, 4) is 0 Å². The van der Waals surface area contributed by atoms with Crippen LogP contribution in [0.2, 0.25) is 0 Å². The third-order valence-electron chi connectivity index (χ3n) is 4.59. The van der Waals surface area contributed by atoms with Gasteiger partial charge in [-0.2, -0.15) is 0 Å². The van der Waals surface area contributed by atoms with Crippen molar-refractivity contribution in [2.24, 2.45) is 5.41 Å². The number of fused-ring (bicyclic) bond motifs is 1. The van der Waals surface area contributed by atoms with Gasteiger partial charge >= 0.3 is 0 Å². The molecule has 4 heteroatoms. The maximum Gasteiger partial charge on any atom is 0.111 e. The van der Waals surface area contributed by atoms with Crippen molar-refractivity contribution in [3.63, 3.8) is 0 Å². The largest absolute Gasteiger partial charge is 0.381 e. The molecule has 108 valence electrons. The predicted octanol–water partition coefficient (Wildman–Crippen LogP) is 3.76. The first-order valence-electron chi connectivity index (χ1n) is 7.16. The van der Waals surface area contributed by atoms with Gasteiger partial charge in [0.2, 0.25) is 0 Å². The number of hydrogen-bond donors (Lipinski definition) is 1. The van der Waals surface area contributed by atoms with Crippen molar-refractivity contribution in [2.75, 3.05) is 7.11 Å². The number of thiazole rings is 1. The quantitative estimate of drug-likeness (QED) is 0.931. The van der Waals surface area contributed by atoms with E-state index in [1.165, 1.54) is 9.71 Å². The van der Waals surface area contributed by atoms with Crippen molar-refractivity contribution in [2.45, 2.75) is 45.4 Å². The molecule has 1 fully saturated rings. The average Bonchev–Trinajstić information content (AvgIpc) is 2.86. The zero-order valence-corrected chi connectivity index (χ0v) is 13.3. The summed E-state index contributed by atoms with van der Waals surface area (Å²) >= 11 is 1.78. The zero-order chi connectivity index (χ0) is 14.3. The minimum Gasteiger partial charge on any atom is -0.381 e. The number of nitrogens with zero attached hydrogens (tertiary/aromatic N) is 1. The van der Waals surface area contributed by atoms with Gasteiger partial charge in [-0.1, -0.05) is 26.0 Å². The molecule has 1 saturated carbocycles. The standard InChI is InChI=1S/C16H22N2OS/c1-10(17-13-9-14(19-4)16(13,2)3)15-18-11-7-5-6-8-12(11)20-15/h5-8,10,13-14,17H,9H2,1-4H3. The van der Waals surface area contributed by atoms with Crippen molar-refractivity contribution in [1.29, 1.82) is 0 Å². The van der Waals surface area contributed by atoms with Crippen LogP contribution in [0.5, 0.6) is 0 Å². The summed E-state index contributed by atoms with van der Waals surface area (Å²) in [6, 6.07) is 9.11. The Balaban J connectivity index is 1.72. The van der Waals surface area contributed by atoms with Crippen LogP contribution in [0.1, 0.15) is 38.2 Å². The number of methoxy groups -OCH3 is 1. The number of ether oxygens (including phenoxy) is 1. The van der Waals surface area contributed by atoms with Crippen LogP contribution >= 0.6 is 11.3 Å². The average molecular weight is 290 g/mol. The highest BCUT2D eigenvalue weighted by Crippen LogP contribution is 2.43. The van der Waals surface area contributed by atoms with Crippen molar-refractivity contribution >= 4 is 21.6 Å². The Labute approximate surface area is 124 Å². The Morgan fingerprint density at radius 1 is 1.40 bits per heavy atom. The maximum atomic E-state index is 5.51. The fourth-order valence-corrected chi connectivity index (χ4v) is 4.00.